The van der Waals surface area contributed by atoms with E-state index in [2.05, 4.69) is 51.8 Å². The van der Waals surface area contributed by atoms with Crippen LogP contribution in [0.4, 0.5) is 17.1 Å². The summed E-state index contributed by atoms with van der Waals surface area (Å²) in [7, 11) is 0. The van der Waals surface area contributed by atoms with E-state index in [-0.39, 0.29) is 11.9 Å². The Kier molecular flexibility index (Phi) is 7.29. The van der Waals surface area contributed by atoms with Crippen molar-refractivity contribution in [2.45, 2.75) is 39.4 Å². The number of aromatic nitrogens is 1. The quantitative estimate of drug-likeness (QED) is 0.165. The summed E-state index contributed by atoms with van der Waals surface area (Å²) in [4.78, 5) is 17.4. The van der Waals surface area contributed by atoms with Gasteiger partial charge in [-0.2, -0.15) is 5.26 Å². The summed E-state index contributed by atoms with van der Waals surface area (Å²) in [6.45, 7) is 6.56. The second-order valence-corrected chi connectivity index (χ2v) is 11.4. The molecule has 3 aromatic carbocycles. The van der Waals surface area contributed by atoms with Crippen molar-refractivity contribution < 1.29 is 4.79 Å². The highest BCUT2D eigenvalue weighted by molar-refractivity contribution is 6.36. The predicted octanol–water partition coefficient (Wildman–Crippen LogP) is 6.44. The van der Waals surface area contributed by atoms with Crippen molar-refractivity contribution in [3.8, 4) is 6.07 Å². The summed E-state index contributed by atoms with van der Waals surface area (Å²) in [5, 5.41) is 23.5. The number of rotatable bonds is 7. The molecule has 3 heterocycles. The molecule has 1 atom stereocenters. The van der Waals surface area contributed by atoms with E-state index < -0.39 is 6.04 Å². The number of hydrogen-bond acceptors (Lipinski definition) is 8. The topological polar surface area (TPSA) is 117 Å². The molecule has 4 aromatic rings. The van der Waals surface area contributed by atoms with E-state index in [1.165, 1.54) is 6.20 Å². The molecule has 0 saturated carbocycles. The molecule has 0 unspecified atom stereocenters. The molecule has 0 spiro atoms. The van der Waals surface area contributed by atoms with Crippen molar-refractivity contribution in [1.29, 1.82) is 5.26 Å². The summed E-state index contributed by atoms with van der Waals surface area (Å²) in [5.41, 5.74) is 13.5. The lowest BCUT2D eigenvalue weighted by Gasteiger charge is -2.24. The number of pyridine rings is 1. The molecular formula is C31H28Cl2N8O. The van der Waals surface area contributed by atoms with Crippen molar-refractivity contribution in [2.75, 3.05) is 10.6 Å². The van der Waals surface area contributed by atoms with Crippen molar-refractivity contribution in [3.05, 3.63) is 104 Å². The number of anilines is 3. The number of hydrogen-bond donors (Lipinski definition) is 5. The van der Waals surface area contributed by atoms with E-state index in [0.717, 1.165) is 28.1 Å². The molecule has 0 bridgehead atoms. The van der Waals surface area contributed by atoms with E-state index in [9.17, 15) is 10.1 Å². The average Bonchev–Trinajstić information content (AvgIpc) is 3.62. The summed E-state index contributed by atoms with van der Waals surface area (Å²) >= 11 is 13.2. The first kappa shape index (κ1) is 27.7. The van der Waals surface area contributed by atoms with Crippen molar-refractivity contribution >= 4 is 57.1 Å². The average molecular weight is 600 g/mol. The first-order valence-corrected chi connectivity index (χ1v) is 14.2. The number of nitrogens with zero attached hydrogens (tertiary/aromatic N) is 3. The van der Waals surface area contributed by atoms with Gasteiger partial charge in [0.2, 0.25) is 0 Å². The fourth-order valence-corrected chi connectivity index (χ4v) is 5.63. The molecule has 11 heteroatoms. The zero-order chi connectivity index (χ0) is 29.5. The molecule has 2 aliphatic rings. The van der Waals surface area contributed by atoms with E-state index in [1.54, 1.807) is 6.07 Å². The van der Waals surface area contributed by atoms with E-state index in [0.29, 0.717) is 50.0 Å². The number of halogens is 2. The molecule has 1 amide bonds. The summed E-state index contributed by atoms with van der Waals surface area (Å²) in [5.74, 6) is -0.109. The number of nitrogens with one attached hydrogen (secondary N) is 5. The predicted molar refractivity (Wildman–Crippen MR) is 166 cm³/mol. The molecule has 212 valence electrons. The molecule has 0 aliphatic carbocycles. The minimum atomic E-state index is -0.437. The van der Waals surface area contributed by atoms with Gasteiger partial charge in [-0.05, 0) is 61.7 Å². The molecule has 0 fully saturated rings. The summed E-state index contributed by atoms with van der Waals surface area (Å²) < 4.78 is 0. The fourth-order valence-electron chi connectivity index (χ4n) is 5.18. The zero-order valence-corrected chi connectivity index (χ0v) is 24.7. The Morgan fingerprint density at radius 1 is 1.10 bits per heavy atom. The van der Waals surface area contributed by atoms with Gasteiger partial charge in [0.1, 0.15) is 6.07 Å². The van der Waals surface area contributed by atoms with Gasteiger partial charge >= 0.3 is 0 Å². The largest absolute Gasteiger partial charge is 0.373 e. The lowest BCUT2D eigenvalue weighted by Crippen LogP contribution is -2.41. The highest BCUT2D eigenvalue weighted by atomic mass is 35.5. The number of hydrazine groups is 2. The summed E-state index contributed by atoms with van der Waals surface area (Å²) in [6, 6.07) is 17.2. The number of aryl methyl sites for hydroxylation is 1. The molecule has 0 radical (unpaired) electrons. The first-order valence-electron chi connectivity index (χ1n) is 13.5. The maximum atomic E-state index is 12.9. The van der Waals surface area contributed by atoms with Crippen LogP contribution in [0, 0.1) is 18.3 Å². The van der Waals surface area contributed by atoms with Gasteiger partial charge in [0.25, 0.3) is 5.91 Å². The van der Waals surface area contributed by atoms with Crippen LogP contribution < -0.4 is 26.9 Å². The number of nitriles is 1. The van der Waals surface area contributed by atoms with Crippen LogP contribution in [0.5, 0.6) is 0 Å². The SMILES string of the molecule is Cc1ccc(Nc2c(C#N)cnc3c(Cl)cc(N[C@H](C4=CN(C(C)C)NN4)c4cccc5c4C(=O)NC5)cc23)cc1Cl. The number of fused-ring (bicyclic) bond motifs is 2. The van der Waals surface area contributed by atoms with Gasteiger partial charge in [-0.25, -0.2) is 0 Å². The Labute approximate surface area is 253 Å². The van der Waals surface area contributed by atoms with E-state index in [1.807, 2.05) is 60.6 Å². The molecule has 6 rings (SSSR count). The van der Waals surface area contributed by atoms with Gasteiger partial charge in [-0.15, -0.1) is 5.53 Å². The van der Waals surface area contributed by atoms with Gasteiger partial charge in [0, 0.05) is 52.3 Å². The van der Waals surface area contributed by atoms with Crippen LogP contribution in [0.15, 0.2) is 66.6 Å². The zero-order valence-electron chi connectivity index (χ0n) is 23.1. The fraction of sp³-hybridized carbons (Fsp3) is 0.194. The minimum absolute atomic E-state index is 0.109. The smallest absolute Gasteiger partial charge is 0.252 e. The number of carbonyl (C=O) groups excluding carboxylic acids is 1. The highest BCUT2D eigenvalue weighted by Gasteiger charge is 2.31. The standard InChI is InChI=1S/C31H28Cl2N8O/c1-16(2)41-15-26(39-40-41)30(22-6-4-5-18-13-36-31(42)27(18)22)38-21-9-23-28(37-20-8-7-17(3)24(32)10-20)19(12-34)14-35-29(23)25(33)11-21/h4-11,14-16,30,38-40H,13H2,1-3H3,(H,35,37)(H,36,42)/t30-/m0/s1. The number of amides is 1. The van der Waals surface area contributed by atoms with Crippen LogP contribution in [0.2, 0.25) is 10.0 Å². The van der Waals surface area contributed by atoms with E-state index in [4.69, 9.17) is 23.2 Å². The van der Waals surface area contributed by atoms with Crippen molar-refractivity contribution in [1.82, 2.24) is 26.3 Å². The van der Waals surface area contributed by atoms with Crippen molar-refractivity contribution in [3.63, 3.8) is 0 Å². The van der Waals surface area contributed by atoms with Gasteiger partial charge in [-0.1, -0.05) is 47.5 Å². The van der Waals surface area contributed by atoms with E-state index >= 15 is 0 Å². The maximum absolute atomic E-state index is 12.9. The van der Waals surface area contributed by atoms with Crippen LogP contribution in [-0.2, 0) is 6.54 Å². The number of carbonyl (C=O) groups is 1. The van der Waals surface area contributed by atoms with Crippen LogP contribution >= 0.6 is 23.2 Å². The molecule has 2 aliphatic heterocycles. The van der Waals surface area contributed by atoms with Crippen LogP contribution in [0.25, 0.3) is 10.9 Å². The van der Waals surface area contributed by atoms with Crippen LogP contribution in [-0.4, -0.2) is 21.9 Å². The summed E-state index contributed by atoms with van der Waals surface area (Å²) in [6.07, 6.45) is 3.49. The second kappa shape index (κ2) is 11.1. The molecule has 42 heavy (non-hydrogen) atoms. The lowest BCUT2D eigenvalue weighted by molar-refractivity contribution is 0.0965. The Hall–Kier alpha value is -4.49. The lowest BCUT2D eigenvalue weighted by atomic mass is 9.95. The molecule has 5 N–H and O–H groups in total. The number of benzene rings is 3. The monoisotopic (exact) mass is 598 g/mol. The van der Waals surface area contributed by atoms with Gasteiger partial charge in [-0.3, -0.25) is 14.8 Å². The minimum Gasteiger partial charge on any atom is -0.373 e. The third-order valence-corrected chi connectivity index (χ3v) is 8.13. The highest BCUT2D eigenvalue weighted by Crippen LogP contribution is 2.38. The second-order valence-electron chi connectivity index (χ2n) is 10.6. The van der Waals surface area contributed by atoms with Crippen molar-refractivity contribution in [2.24, 2.45) is 0 Å². The Bertz CT molecular complexity index is 1810. The molecular weight excluding hydrogens is 571 g/mol. The molecule has 9 nitrogen and oxygen atoms in total. The molecule has 1 aromatic heterocycles. The van der Waals surface area contributed by atoms with Crippen LogP contribution in [0.3, 0.4) is 0 Å². The Morgan fingerprint density at radius 3 is 2.64 bits per heavy atom. The molecule has 0 saturated heterocycles. The Morgan fingerprint density at radius 2 is 1.90 bits per heavy atom. The third-order valence-electron chi connectivity index (χ3n) is 7.43. The Balaban J connectivity index is 1.47. The third kappa shape index (κ3) is 5.05. The van der Waals surface area contributed by atoms with Crippen LogP contribution in [0.1, 0.15) is 52.5 Å². The van der Waals surface area contributed by atoms with Gasteiger partial charge in [0.05, 0.1) is 33.5 Å². The maximum Gasteiger partial charge on any atom is 0.252 e. The normalized spacial score (nSPS) is 14.7. The first-order chi connectivity index (χ1) is 20.2. The van der Waals surface area contributed by atoms with Gasteiger partial charge < -0.3 is 21.4 Å². The van der Waals surface area contributed by atoms with Gasteiger partial charge in [0.15, 0.2) is 0 Å².